The first-order valence-corrected chi connectivity index (χ1v) is 7.49. The first kappa shape index (κ1) is 12.4. The number of alkyl halides is 1. The van der Waals surface area contributed by atoms with Crippen LogP contribution in [0.1, 0.15) is 18.9 Å². The van der Waals surface area contributed by atoms with Gasteiger partial charge in [0.25, 0.3) is 0 Å². The largest absolute Gasteiger partial charge is 0.352 e. The van der Waals surface area contributed by atoms with E-state index in [2.05, 4.69) is 61.7 Å². The third-order valence-corrected chi connectivity index (χ3v) is 4.52. The average Bonchev–Trinajstić information content (AvgIpc) is 2.59. The lowest BCUT2D eigenvalue weighted by Gasteiger charge is -2.27. The van der Waals surface area contributed by atoms with Crippen LogP contribution in [0.5, 0.6) is 0 Å². The fourth-order valence-corrected chi connectivity index (χ4v) is 3.92. The van der Waals surface area contributed by atoms with Crippen LogP contribution in [0.3, 0.4) is 0 Å². The molecule has 4 heteroatoms. The average molecular weight is 348 g/mol. The topological polar surface area (TPSA) is 16.1 Å². The van der Waals surface area contributed by atoms with Gasteiger partial charge in [-0.05, 0) is 46.8 Å². The summed E-state index contributed by atoms with van der Waals surface area (Å²) < 4.78 is 1.10. The Bertz CT molecular complexity index is 381. The summed E-state index contributed by atoms with van der Waals surface area (Å²) in [6.45, 7) is 5.48. The molecule has 16 heavy (non-hydrogen) atoms. The monoisotopic (exact) mass is 346 g/mol. The molecule has 0 aromatic carbocycles. The van der Waals surface area contributed by atoms with E-state index in [4.69, 9.17) is 0 Å². The van der Waals surface area contributed by atoms with Crippen molar-refractivity contribution in [1.29, 1.82) is 0 Å². The maximum atomic E-state index is 4.55. The number of aryl methyl sites for hydroxylation is 1. The second kappa shape index (κ2) is 5.05. The Morgan fingerprint density at radius 1 is 1.56 bits per heavy atom. The Morgan fingerprint density at radius 3 is 2.94 bits per heavy atom. The molecule has 1 aromatic heterocycles. The van der Waals surface area contributed by atoms with Gasteiger partial charge in [0.05, 0.1) is 4.47 Å². The Balaban J connectivity index is 2.30. The van der Waals surface area contributed by atoms with Crippen LogP contribution < -0.4 is 4.90 Å². The van der Waals surface area contributed by atoms with Crippen molar-refractivity contribution in [2.45, 2.75) is 26.3 Å². The zero-order valence-corrected chi connectivity index (χ0v) is 12.8. The van der Waals surface area contributed by atoms with Gasteiger partial charge in [-0.1, -0.05) is 22.9 Å². The number of aromatic nitrogens is 1. The molecule has 1 fully saturated rings. The lowest BCUT2D eigenvalue weighted by atomic mass is 10.1. The van der Waals surface area contributed by atoms with Crippen molar-refractivity contribution in [2.75, 3.05) is 16.8 Å². The predicted octanol–water partition coefficient (Wildman–Crippen LogP) is 3.76. The van der Waals surface area contributed by atoms with E-state index in [0.29, 0.717) is 6.04 Å². The molecule has 1 aliphatic heterocycles. The maximum absolute atomic E-state index is 4.55. The van der Waals surface area contributed by atoms with E-state index in [9.17, 15) is 0 Å². The van der Waals surface area contributed by atoms with E-state index in [1.54, 1.807) is 0 Å². The molecule has 2 unspecified atom stereocenters. The number of rotatable bonds is 2. The summed E-state index contributed by atoms with van der Waals surface area (Å²) in [6.07, 6.45) is 3.19. The molecule has 0 saturated carbocycles. The van der Waals surface area contributed by atoms with E-state index < -0.39 is 0 Å². The fraction of sp³-hybridized carbons (Fsp3) is 0.583. The van der Waals surface area contributed by atoms with Crippen LogP contribution in [0, 0.1) is 12.8 Å². The molecule has 0 spiro atoms. The van der Waals surface area contributed by atoms with Crippen LogP contribution in [-0.2, 0) is 0 Å². The van der Waals surface area contributed by atoms with Crippen LogP contribution in [0.15, 0.2) is 16.7 Å². The predicted molar refractivity (Wildman–Crippen MR) is 75.4 cm³/mol. The number of hydrogen-bond acceptors (Lipinski definition) is 2. The normalized spacial score (nSPS) is 25.1. The van der Waals surface area contributed by atoms with E-state index in [-0.39, 0.29) is 0 Å². The van der Waals surface area contributed by atoms with Crippen molar-refractivity contribution in [2.24, 2.45) is 5.92 Å². The first-order valence-electron chi connectivity index (χ1n) is 5.58. The number of pyridine rings is 1. The minimum absolute atomic E-state index is 0.562. The van der Waals surface area contributed by atoms with Gasteiger partial charge in [0.2, 0.25) is 0 Å². The molecule has 1 saturated heterocycles. The van der Waals surface area contributed by atoms with Gasteiger partial charge in [0.1, 0.15) is 5.82 Å². The SMILES string of the molecule is Cc1cnc(N2CCC(C)C2CBr)c(Br)c1. The molecule has 2 heterocycles. The van der Waals surface area contributed by atoms with Gasteiger partial charge in [-0.3, -0.25) is 0 Å². The molecule has 2 nitrogen and oxygen atoms in total. The molecule has 88 valence electrons. The summed E-state index contributed by atoms with van der Waals surface area (Å²) >= 11 is 7.22. The van der Waals surface area contributed by atoms with Crippen molar-refractivity contribution in [3.63, 3.8) is 0 Å². The van der Waals surface area contributed by atoms with Gasteiger partial charge in [0, 0.05) is 24.1 Å². The maximum Gasteiger partial charge on any atom is 0.143 e. The zero-order valence-electron chi connectivity index (χ0n) is 9.58. The summed E-state index contributed by atoms with van der Waals surface area (Å²) in [5.41, 5.74) is 1.19. The van der Waals surface area contributed by atoms with Gasteiger partial charge in [-0.25, -0.2) is 4.98 Å². The molecule has 0 aliphatic carbocycles. The molecular formula is C12H16Br2N2. The van der Waals surface area contributed by atoms with Crippen molar-refractivity contribution >= 4 is 37.7 Å². The molecular weight excluding hydrogens is 332 g/mol. The summed E-state index contributed by atoms with van der Waals surface area (Å²) in [5.74, 6) is 1.81. The fourth-order valence-electron chi connectivity index (χ4n) is 2.24. The highest BCUT2D eigenvalue weighted by Crippen LogP contribution is 2.33. The van der Waals surface area contributed by atoms with Crippen LogP contribution >= 0.6 is 31.9 Å². The van der Waals surface area contributed by atoms with Crippen molar-refractivity contribution in [1.82, 2.24) is 4.98 Å². The third-order valence-electron chi connectivity index (χ3n) is 3.27. The van der Waals surface area contributed by atoms with Gasteiger partial charge in [-0.2, -0.15) is 0 Å². The molecule has 1 aromatic rings. The standard InChI is InChI=1S/C12H16Br2N2/c1-8-5-10(14)12(15-7-8)16-4-3-9(2)11(16)6-13/h5,7,9,11H,3-4,6H2,1-2H3. The van der Waals surface area contributed by atoms with Crippen LogP contribution in [0.4, 0.5) is 5.82 Å². The first-order chi connectivity index (χ1) is 7.63. The summed E-state index contributed by atoms with van der Waals surface area (Å²) in [7, 11) is 0. The van der Waals surface area contributed by atoms with E-state index >= 15 is 0 Å². The van der Waals surface area contributed by atoms with E-state index in [0.717, 1.165) is 28.1 Å². The highest BCUT2D eigenvalue weighted by Gasteiger charge is 2.31. The summed E-state index contributed by atoms with van der Waals surface area (Å²) in [6, 6.07) is 2.70. The Hall–Kier alpha value is -0.0900. The number of nitrogens with zero attached hydrogens (tertiary/aromatic N) is 2. The van der Waals surface area contributed by atoms with E-state index in [1.807, 2.05) is 6.20 Å². The molecule has 0 N–H and O–H groups in total. The lowest BCUT2D eigenvalue weighted by molar-refractivity contribution is 0.552. The minimum Gasteiger partial charge on any atom is -0.352 e. The molecule has 2 atom stereocenters. The van der Waals surface area contributed by atoms with Crippen LogP contribution in [0.25, 0.3) is 0 Å². The highest BCUT2D eigenvalue weighted by atomic mass is 79.9. The van der Waals surface area contributed by atoms with Gasteiger partial charge in [-0.15, -0.1) is 0 Å². The molecule has 2 rings (SSSR count). The van der Waals surface area contributed by atoms with Crippen LogP contribution in [0.2, 0.25) is 0 Å². The molecule has 0 radical (unpaired) electrons. The van der Waals surface area contributed by atoms with E-state index in [1.165, 1.54) is 12.0 Å². The summed E-state index contributed by atoms with van der Waals surface area (Å²) in [5, 5.41) is 1.01. The second-order valence-corrected chi connectivity index (χ2v) is 6.00. The Kier molecular flexibility index (Phi) is 3.90. The smallest absolute Gasteiger partial charge is 0.143 e. The van der Waals surface area contributed by atoms with Crippen LogP contribution in [-0.4, -0.2) is 22.9 Å². The quantitative estimate of drug-likeness (QED) is 0.757. The highest BCUT2D eigenvalue weighted by molar-refractivity contribution is 9.10. The van der Waals surface area contributed by atoms with Crippen molar-refractivity contribution in [3.8, 4) is 0 Å². The second-order valence-electron chi connectivity index (χ2n) is 4.50. The molecule has 0 bridgehead atoms. The Morgan fingerprint density at radius 2 is 2.31 bits per heavy atom. The lowest BCUT2D eigenvalue weighted by Crippen LogP contribution is -2.34. The van der Waals surface area contributed by atoms with Gasteiger partial charge < -0.3 is 4.90 Å². The summed E-state index contributed by atoms with van der Waals surface area (Å²) in [4.78, 5) is 6.96. The number of anilines is 1. The molecule has 1 aliphatic rings. The van der Waals surface area contributed by atoms with Crippen molar-refractivity contribution in [3.05, 3.63) is 22.3 Å². The number of hydrogen-bond donors (Lipinski definition) is 0. The number of halogens is 2. The minimum atomic E-state index is 0.562. The Labute approximate surface area is 114 Å². The van der Waals surface area contributed by atoms with Gasteiger partial charge >= 0.3 is 0 Å². The van der Waals surface area contributed by atoms with Gasteiger partial charge in [0.15, 0.2) is 0 Å². The van der Waals surface area contributed by atoms with Crippen molar-refractivity contribution < 1.29 is 0 Å². The zero-order chi connectivity index (χ0) is 11.7. The molecule has 0 amide bonds. The third kappa shape index (κ3) is 2.28.